The molecule has 0 bridgehead atoms. The standard InChI is InChI=1S/C20H22N4O2/c1-13-9-8-12-24-17(13)21-16(20(2,3)4)18(24)23-22-15-11-7-6-10-14(15)19(25)26-5/h6-12H,1-5H3. The third-order valence-electron chi connectivity index (χ3n) is 4.09. The molecule has 3 aromatic rings. The van der Waals surface area contributed by atoms with Crippen molar-refractivity contribution in [3.05, 3.63) is 59.4 Å². The first kappa shape index (κ1) is 17.8. The summed E-state index contributed by atoms with van der Waals surface area (Å²) in [5.41, 5.74) is 3.41. The molecule has 134 valence electrons. The number of rotatable bonds is 3. The van der Waals surface area contributed by atoms with Crippen molar-refractivity contribution in [2.45, 2.75) is 33.1 Å². The molecule has 0 unspecified atom stereocenters. The van der Waals surface area contributed by atoms with Crippen LogP contribution in [0.4, 0.5) is 11.5 Å². The number of fused-ring (bicyclic) bond motifs is 1. The maximum Gasteiger partial charge on any atom is 0.340 e. The van der Waals surface area contributed by atoms with Crippen molar-refractivity contribution in [3.63, 3.8) is 0 Å². The van der Waals surface area contributed by atoms with Crippen molar-refractivity contribution in [2.24, 2.45) is 10.2 Å². The zero-order valence-electron chi connectivity index (χ0n) is 15.6. The van der Waals surface area contributed by atoms with Crippen LogP contribution in [0.1, 0.15) is 42.4 Å². The second-order valence-corrected chi connectivity index (χ2v) is 7.13. The Morgan fingerprint density at radius 1 is 1.12 bits per heavy atom. The zero-order chi connectivity index (χ0) is 18.9. The van der Waals surface area contributed by atoms with Crippen molar-refractivity contribution in [1.29, 1.82) is 0 Å². The Morgan fingerprint density at radius 2 is 1.85 bits per heavy atom. The fraction of sp³-hybridized carbons (Fsp3) is 0.300. The predicted molar refractivity (Wildman–Crippen MR) is 101 cm³/mol. The number of aromatic nitrogens is 2. The predicted octanol–water partition coefficient (Wildman–Crippen LogP) is 5.14. The quantitative estimate of drug-likeness (QED) is 0.485. The van der Waals surface area contributed by atoms with Crippen LogP contribution in [0.5, 0.6) is 0 Å². The molecule has 0 N–H and O–H groups in total. The lowest BCUT2D eigenvalue weighted by Crippen LogP contribution is -2.11. The molecule has 6 nitrogen and oxygen atoms in total. The van der Waals surface area contributed by atoms with Gasteiger partial charge in [-0.3, -0.25) is 4.40 Å². The van der Waals surface area contributed by atoms with Gasteiger partial charge in [-0.15, -0.1) is 10.2 Å². The van der Waals surface area contributed by atoms with Crippen LogP contribution in [-0.4, -0.2) is 22.5 Å². The van der Waals surface area contributed by atoms with E-state index in [-0.39, 0.29) is 5.41 Å². The lowest BCUT2D eigenvalue weighted by atomic mass is 9.92. The van der Waals surface area contributed by atoms with Crippen LogP contribution in [0.3, 0.4) is 0 Å². The van der Waals surface area contributed by atoms with Crippen LogP contribution >= 0.6 is 0 Å². The number of azo groups is 1. The lowest BCUT2D eigenvalue weighted by molar-refractivity contribution is 0.0601. The Labute approximate surface area is 152 Å². The monoisotopic (exact) mass is 350 g/mol. The minimum Gasteiger partial charge on any atom is -0.465 e. The lowest BCUT2D eigenvalue weighted by Gasteiger charge is -2.15. The van der Waals surface area contributed by atoms with Gasteiger partial charge in [-0.05, 0) is 30.7 Å². The van der Waals surface area contributed by atoms with E-state index in [0.29, 0.717) is 17.1 Å². The summed E-state index contributed by atoms with van der Waals surface area (Å²) in [5.74, 6) is 0.223. The molecule has 1 aromatic carbocycles. The van der Waals surface area contributed by atoms with Crippen LogP contribution < -0.4 is 0 Å². The van der Waals surface area contributed by atoms with Gasteiger partial charge in [0.1, 0.15) is 11.3 Å². The van der Waals surface area contributed by atoms with Gasteiger partial charge in [0.25, 0.3) is 0 Å². The molecule has 26 heavy (non-hydrogen) atoms. The van der Waals surface area contributed by atoms with Crippen molar-refractivity contribution in [3.8, 4) is 0 Å². The third-order valence-corrected chi connectivity index (χ3v) is 4.09. The van der Waals surface area contributed by atoms with E-state index in [4.69, 9.17) is 9.72 Å². The number of nitrogens with zero attached hydrogens (tertiary/aromatic N) is 4. The minimum atomic E-state index is -0.440. The average Bonchev–Trinajstić information content (AvgIpc) is 3.00. The normalized spacial score (nSPS) is 12.0. The molecule has 0 saturated heterocycles. The Morgan fingerprint density at radius 3 is 2.54 bits per heavy atom. The van der Waals surface area contributed by atoms with Gasteiger partial charge in [-0.25, -0.2) is 9.78 Å². The molecule has 2 aromatic heterocycles. The molecular weight excluding hydrogens is 328 g/mol. The summed E-state index contributed by atoms with van der Waals surface area (Å²) in [6.07, 6.45) is 1.92. The Balaban J connectivity index is 2.17. The first-order chi connectivity index (χ1) is 12.3. The van der Waals surface area contributed by atoms with Gasteiger partial charge < -0.3 is 4.74 Å². The smallest absolute Gasteiger partial charge is 0.340 e. The van der Waals surface area contributed by atoms with Gasteiger partial charge >= 0.3 is 5.97 Å². The third kappa shape index (κ3) is 3.22. The summed E-state index contributed by atoms with van der Waals surface area (Å²) in [6.45, 7) is 8.28. The number of methoxy groups -OCH3 is 1. The number of ether oxygens (including phenoxy) is 1. The van der Waals surface area contributed by atoms with E-state index in [0.717, 1.165) is 16.9 Å². The molecular formula is C20H22N4O2. The highest BCUT2D eigenvalue weighted by Gasteiger charge is 2.24. The molecule has 3 rings (SSSR count). The van der Waals surface area contributed by atoms with Crippen LogP contribution in [0.25, 0.3) is 5.65 Å². The number of imidazole rings is 1. The largest absolute Gasteiger partial charge is 0.465 e. The molecule has 0 spiro atoms. The van der Waals surface area contributed by atoms with Crippen molar-refractivity contribution < 1.29 is 9.53 Å². The molecule has 0 aliphatic heterocycles. The summed E-state index contributed by atoms with van der Waals surface area (Å²) in [7, 11) is 1.35. The fourth-order valence-corrected chi connectivity index (χ4v) is 2.73. The number of benzene rings is 1. The Bertz CT molecular complexity index is 997. The fourth-order valence-electron chi connectivity index (χ4n) is 2.73. The molecule has 0 aliphatic rings. The number of carbonyl (C=O) groups is 1. The molecule has 6 heteroatoms. The van der Waals surface area contributed by atoms with E-state index in [1.807, 2.05) is 35.7 Å². The molecule has 2 heterocycles. The minimum absolute atomic E-state index is 0.200. The van der Waals surface area contributed by atoms with E-state index < -0.39 is 5.97 Å². The van der Waals surface area contributed by atoms with E-state index in [1.165, 1.54) is 7.11 Å². The van der Waals surface area contributed by atoms with Crippen LogP contribution in [0.2, 0.25) is 0 Å². The van der Waals surface area contributed by atoms with Crippen LogP contribution in [0.15, 0.2) is 52.8 Å². The first-order valence-electron chi connectivity index (χ1n) is 8.40. The molecule has 0 amide bonds. The zero-order valence-corrected chi connectivity index (χ0v) is 15.6. The van der Waals surface area contributed by atoms with Gasteiger partial charge in [-0.2, -0.15) is 0 Å². The van der Waals surface area contributed by atoms with Gasteiger partial charge in [0.2, 0.25) is 0 Å². The summed E-state index contributed by atoms with van der Waals surface area (Å²) >= 11 is 0. The van der Waals surface area contributed by atoms with Gasteiger partial charge in [0.05, 0.1) is 18.4 Å². The average molecular weight is 350 g/mol. The van der Waals surface area contributed by atoms with Crippen LogP contribution in [0, 0.1) is 6.92 Å². The highest BCUT2D eigenvalue weighted by Crippen LogP contribution is 2.34. The molecule has 0 aliphatic carbocycles. The highest BCUT2D eigenvalue weighted by molar-refractivity contribution is 5.94. The molecule has 0 saturated carbocycles. The second kappa shape index (κ2) is 6.71. The first-order valence-corrected chi connectivity index (χ1v) is 8.40. The van der Waals surface area contributed by atoms with Gasteiger partial charge in [0, 0.05) is 11.6 Å². The summed E-state index contributed by atoms with van der Waals surface area (Å²) in [4.78, 5) is 16.7. The summed E-state index contributed by atoms with van der Waals surface area (Å²) in [6, 6.07) is 11.0. The van der Waals surface area contributed by atoms with Crippen molar-refractivity contribution in [2.75, 3.05) is 7.11 Å². The maximum absolute atomic E-state index is 11.9. The SMILES string of the molecule is COC(=O)c1ccccc1N=Nc1c(C(C)(C)C)nc2c(C)cccn12. The Hall–Kier alpha value is -3.02. The molecule has 0 atom stereocenters. The van der Waals surface area contributed by atoms with Gasteiger partial charge in [0.15, 0.2) is 5.82 Å². The van der Waals surface area contributed by atoms with E-state index in [1.54, 1.807) is 18.2 Å². The number of carbonyl (C=O) groups excluding carboxylic acids is 1. The summed E-state index contributed by atoms with van der Waals surface area (Å²) in [5, 5.41) is 8.80. The number of hydrogen-bond donors (Lipinski definition) is 0. The van der Waals surface area contributed by atoms with Crippen molar-refractivity contribution in [1.82, 2.24) is 9.38 Å². The van der Waals surface area contributed by atoms with E-state index in [9.17, 15) is 4.79 Å². The van der Waals surface area contributed by atoms with E-state index >= 15 is 0 Å². The highest BCUT2D eigenvalue weighted by atomic mass is 16.5. The summed E-state index contributed by atoms with van der Waals surface area (Å²) < 4.78 is 6.75. The number of pyridine rings is 1. The number of esters is 1. The second-order valence-electron chi connectivity index (χ2n) is 7.13. The number of hydrogen-bond acceptors (Lipinski definition) is 5. The Kier molecular flexibility index (Phi) is 4.59. The maximum atomic E-state index is 11.9. The van der Waals surface area contributed by atoms with Gasteiger partial charge in [-0.1, -0.05) is 39.0 Å². The number of aryl methyl sites for hydroxylation is 1. The van der Waals surface area contributed by atoms with Crippen molar-refractivity contribution >= 4 is 23.1 Å². The van der Waals surface area contributed by atoms with E-state index in [2.05, 4.69) is 31.0 Å². The molecule has 0 fully saturated rings. The molecule has 0 radical (unpaired) electrons. The van der Waals surface area contributed by atoms with Crippen LogP contribution in [-0.2, 0) is 10.2 Å². The topological polar surface area (TPSA) is 68.3 Å².